The van der Waals surface area contributed by atoms with Crippen LogP contribution >= 0.6 is 11.8 Å². The number of carbonyl (C=O) groups is 1. The second-order valence-electron chi connectivity index (χ2n) is 5.61. The Hall–Kier alpha value is -1.10. The Morgan fingerprint density at radius 1 is 1.19 bits per heavy atom. The number of aryl methyl sites for hydroxylation is 2. The molecule has 0 bridgehead atoms. The minimum absolute atomic E-state index is 0.0883. The van der Waals surface area contributed by atoms with Gasteiger partial charge in [0.05, 0.1) is 0 Å². The van der Waals surface area contributed by atoms with Gasteiger partial charge in [-0.3, -0.25) is 4.79 Å². The van der Waals surface area contributed by atoms with E-state index >= 15 is 0 Å². The topological polar surface area (TPSA) is 52.1 Å². The predicted molar refractivity (Wildman–Crippen MR) is 84.6 cm³/mol. The van der Waals surface area contributed by atoms with Crippen molar-refractivity contribution in [2.24, 2.45) is 0 Å². The second kappa shape index (κ2) is 7.78. The first-order chi connectivity index (χ1) is 10.1. The lowest BCUT2D eigenvalue weighted by Gasteiger charge is -2.21. The number of hydrogen-bond donors (Lipinski definition) is 0. The summed E-state index contributed by atoms with van der Waals surface area (Å²) in [6, 6.07) is 0. The highest BCUT2D eigenvalue weighted by atomic mass is 32.2. The molecule has 1 aromatic heterocycles. The van der Waals surface area contributed by atoms with Crippen molar-refractivity contribution >= 4 is 17.7 Å². The lowest BCUT2D eigenvalue weighted by Crippen LogP contribution is -2.21. The Balaban J connectivity index is 1.88. The van der Waals surface area contributed by atoms with E-state index in [1.165, 1.54) is 31.0 Å². The number of nitrogens with zero attached hydrogens (tertiary/aromatic N) is 2. The van der Waals surface area contributed by atoms with E-state index in [0.717, 1.165) is 34.9 Å². The zero-order valence-electron chi connectivity index (χ0n) is 13.1. The summed E-state index contributed by atoms with van der Waals surface area (Å²) in [5, 5.41) is 0.790. The van der Waals surface area contributed by atoms with Gasteiger partial charge in [0.15, 0.2) is 5.16 Å². The number of thioether (sulfide) groups is 1. The van der Waals surface area contributed by atoms with Gasteiger partial charge in [0.2, 0.25) is 0 Å². The Morgan fingerprint density at radius 3 is 2.38 bits per heavy atom. The third-order valence-electron chi connectivity index (χ3n) is 4.01. The molecule has 1 saturated carbocycles. The van der Waals surface area contributed by atoms with Crippen LogP contribution < -0.4 is 0 Å². The molecule has 0 spiro atoms. The van der Waals surface area contributed by atoms with Crippen LogP contribution in [0.2, 0.25) is 0 Å². The third-order valence-corrected chi connectivity index (χ3v) is 4.56. The molecule has 0 unspecified atom stereocenters. The van der Waals surface area contributed by atoms with Crippen LogP contribution in [0.25, 0.3) is 0 Å². The summed E-state index contributed by atoms with van der Waals surface area (Å²) in [6.45, 7) is 3.96. The quantitative estimate of drug-likeness (QED) is 0.472. The van der Waals surface area contributed by atoms with Crippen LogP contribution in [-0.2, 0) is 16.0 Å². The molecule has 1 aliphatic carbocycles. The maximum atomic E-state index is 12.0. The highest BCUT2D eigenvalue weighted by Gasteiger charge is 2.18. The van der Waals surface area contributed by atoms with Crippen molar-refractivity contribution in [3.05, 3.63) is 17.0 Å². The van der Waals surface area contributed by atoms with Crippen LogP contribution in [0, 0.1) is 13.8 Å². The first-order valence-electron chi connectivity index (χ1n) is 7.67. The monoisotopic (exact) mass is 308 g/mol. The highest BCUT2D eigenvalue weighted by Crippen LogP contribution is 2.21. The van der Waals surface area contributed by atoms with E-state index < -0.39 is 0 Å². The maximum absolute atomic E-state index is 12.0. The number of carbonyl (C=O) groups excluding carboxylic acids is 1. The third kappa shape index (κ3) is 4.70. The Kier molecular flexibility index (Phi) is 6.03. The second-order valence-corrected chi connectivity index (χ2v) is 6.38. The van der Waals surface area contributed by atoms with E-state index in [0.29, 0.717) is 12.8 Å². The van der Waals surface area contributed by atoms with E-state index in [-0.39, 0.29) is 12.1 Å². The smallest absolute Gasteiger partial charge is 0.306 e. The summed E-state index contributed by atoms with van der Waals surface area (Å²) in [5.74, 6) is -0.0883. The molecule has 0 aromatic carbocycles. The van der Waals surface area contributed by atoms with Gasteiger partial charge in [0, 0.05) is 17.8 Å². The van der Waals surface area contributed by atoms with Crippen LogP contribution in [0.4, 0.5) is 0 Å². The van der Waals surface area contributed by atoms with Crippen LogP contribution in [-0.4, -0.2) is 28.3 Å². The van der Waals surface area contributed by atoms with Crippen molar-refractivity contribution in [1.82, 2.24) is 9.97 Å². The summed E-state index contributed by atoms with van der Waals surface area (Å²) in [6.07, 6.45) is 8.87. The molecule has 1 aliphatic rings. The summed E-state index contributed by atoms with van der Waals surface area (Å²) >= 11 is 1.54. The van der Waals surface area contributed by atoms with Gasteiger partial charge in [-0.1, -0.05) is 18.2 Å². The normalized spacial score (nSPS) is 16.0. The average Bonchev–Trinajstić information content (AvgIpc) is 2.47. The van der Waals surface area contributed by atoms with Gasteiger partial charge in [0.25, 0.3) is 0 Å². The lowest BCUT2D eigenvalue weighted by atomic mass is 9.98. The number of ether oxygens (including phenoxy) is 1. The molecule has 1 fully saturated rings. The lowest BCUT2D eigenvalue weighted by molar-refractivity contribution is -0.150. The minimum Gasteiger partial charge on any atom is -0.462 e. The largest absolute Gasteiger partial charge is 0.462 e. The minimum atomic E-state index is -0.0883. The van der Waals surface area contributed by atoms with Crippen molar-refractivity contribution < 1.29 is 9.53 Å². The molecule has 21 heavy (non-hydrogen) atoms. The van der Waals surface area contributed by atoms with Gasteiger partial charge in [-0.25, -0.2) is 9.97 Å². The molecule has 0 radical (unpaired) electrons. The van der Waals surface area contributed by atoms with Crippen molar-refractivity contribution in [3.63, 3.8) is 0 Å². The van der Waals surface area contributed by atoms with Gasteiger partial charge >= 0.3 is 5.97 Å². The number of hydrogen-bond acceptors (Lipinski definition) is 5. The van der Waals surface area contributed by atoms with E-state index in [1.54, 1.807) is 0 Å². The number of aromatic nitrogens is 2. The summed E-state index contributed by atoms with van der Waals surface area (Å²) < 4.78 is 5.55. The zero-order valence-corrected chi connectivity index (χ0v) is 14.0. The molecule has 5 heteroatoms. The van der Waals surface area contributed by atoms with Crippen LogP contribution in [0.5, 0.6) is 0 Å². The van der Waals surface area contributed by atoms with Crippen molar-refractivity contribution in [2.75, 3.05) is 6.26 Å². The SMILES string of the molecule is CSc1nc(C)c(CCC(=O)OC2CCCCC2)c(C)n1. The summed E-state index contributed by atoms with van der Waals surface area (Å²) in [7, 11) is 0. The van der Waals surface area contributed by atoms with Gasteiger partial charge in [-0.05, 0) is 57.8 Å². The molecule has 1 aromatic rings. The summed E-state index contributed by atoms with van der Waals surface area (Å²) in [5.41, 5.74) is 3.02. The molecule has 4 nitrogen and oxygen atoms in total. The van der Waals surface area contributed by atoms with Gasteiger partial charge in [-0.2, -0.15) is 0 Å². The number of esters is 1. The summed E-state index contributed by atoms with van der Waals surface area (Å²) in [4.78, 5) is 20.9. The highest BCUT2D eigenvalue weighted by molar-refractivity contribution is 7.98. The Bertz CT molecular complexity index is 476. The fraction of sp³-hybridized carbons (Fsp3) is 0.688. The van der Waals surface area contributed by atoms with Gasteiger partial charge in [-0.15, -0.1) is 0 Å². The molecule has 2 rings (SSSR count). The van der Waals surface area contributed by atoms with E-state index in [2.05, 4.69) is 9.97 Å². The fourth-order valence-electron chi connectivity index (χ4n) is 2.82. The van der Waals surface area contributed by atoms with Gasteiger partial charge in [0.1, 0.15) is 6.10 Å². The zero-order chi connectivity index (χ0) is 15.2. The van der Waals surface area contributed by atoms with Crippen LogP contribution in [0.15, 0.2) is 5.16 Å². The van der Waals surface area contributed by atoms with Gasteiger partial charge < -0.3 is 4.74 Å². The number of rotatable bonds is 5. The molecular formula is C16H24N2O2S. The van der Waals surface area contributed by atoms with E-state index in [1.807, 2.05) is 20.1 Å². The predicted octanol–water partition coefficient (Wildman–Crippen LogP) is 3.62. The molecule has 1 heterocycles. The molecule has 0 saturated heterocycles. The molecule has 116 valence electrons. The standard InChI is InChI=1S/C16H24N2O2S/c1-11-14(12(2)18-16(17-11)21-3)9-10-15(19)20-13-7-5-4-6-8-13/h13H,4-10H2,1-3H3. The molecule has 0 aliphatic heterocycles. The average molecular weight is 308 g/mol. The molecular weight excluding hydrogens is 284 g/mol. The Labute approximate surface area is 131 Å². The first-order valence-corrected chi connectivity index (χ1v) is 8.90. The molecule has 0 amide bonds. The fourth-order valence-corrected chi connectivity index (χ4v) is 3.27. The van der Waals surface area contributed by atoms with Crippen molar-refractivity contribution in [2.45, 2.75) is 70.1 Å². The van der Waals surface area contributed by atoms with Crippen molar-refractivity contribution in [3.8, 4) is 0 Å². The first kappa shape index (κ1) is 16.3. The van der Waals surface area contributed by atoms with Crippen molar-refractivity contribution in [1.29, 1.82) is 0 Å². The van der Waals surface area contributed by atoms with Crippen LogP contribution in [0.3, 0.4) is 0 Å². The van der Waals surface area contributed by atoms with E-state index in [4.69, 9.17) is 4.74 Å². The maximum Gasteiger partial charge on any atom is 0.306 e. The Morgan fingerprint density at radius 2 is 1.81 bits per heavy atom. The molecule has 0 atom stereocenters. The van der Waals surface area contributed by atoms with E-state index in [9.17, 15) is 4.79 Å². The molecule has 0 N–H and O–H groups in total. The van der Waals surface area contributed by atoms with Crippen LogP contribution in [0.1, 0.15) is 55.5 Å².